The van der Waals surface area contributed by atoms with Gasteiger partial charge in [-0.1, -0.05) is 43.4 Å². The molecule has 33 heavy (non-hydrogen) atoms. The number of carboxylic acids is 1. The molecule has 0 radical (unpaired) electrons. The van der Waals surface area contributed by atoms with Crippen molar-refractivity contribution < 1.29 is 14.6 Å². The Labute approximate surface area is 199 Å². The third-order valence-electron chi connectivity index (χ3n) is 5.66. The molecular weight excluding hydrogens is 454 g/mol. The van der Waals surface area contributed by atoms with Crippen molar-refractivity contribution in [3.05, 3.63) is 64.9 Å². The molecule has 0 aliphatic rings. The number of nitrogens with one attached hydrogen (secondary N) is 1. The van der Waals surface area contributed by atoms with Crippen LogP contribution in [-0.2, 0) is 11.5 Å². The second-order valence-electron chi connectivity index (χ2n) is 9.45. The maximum Gasteiger partial charge on any atom is 0.337 e. The highest BCUT2D eigenvalue weighted by Gasteiger charge is 2.25. The summed E-state index contributed by atoms with van der Waals surface area (Å²) in [6, 6.07) is 12.2. The number of carbonyl (C=O) groups is 1. The van der Waals surface area contributed by atoms with Crippen molar-refractivity contribution in [1.82, 2.24) is 14.5 Å². The van der Waals surface area contributed by atoms with Crippen LogP contribution in [0.5, 0.6) is 0 Å². The fraction of sp³-hybridized carbons (Fsp3) is 0.280. The number of aromatic amines is 1. The zero-order valence-corrected chi connectivity index (χ0v) is 21.0. The van der Waals surface area contributed by atoms with E-state index in [1.54, 1.807) is 12.3 Å². The van der Waals surface area contributed by atoms with E-state index < -0.39 is 14.0 Å². The molecule has 0 saturated heterocycles. The maximum atomic E-state index is 12.3. The van der Waals surface area contributed by atoms with Crippen LogP contribution in [0.4, 0.5) is 0 Å². The number of benzene rings is 1. The van der Waals surface area contributed by atoms with Crippen molar-refractivity contribution in [2.24, 2.45) is 0 Å². The molecule has 0 fully saturated rings. The quantitative estimate of drug-likeness (QED) is 0.217. The smallest absolute Gasteiger partial charge is 0.337 e. The number of aryl methyl sites for hydroxylation is 1. The number of aromatic nitrogens is 3. The average Bonchev–Trinajstić information content (AvgIpc) is 3.35. The van der Waals surface area contributed by atoms with Gasteiger partial charge in [-0.2, -0.15) is 0 Å². The first-order valence-electron chi connectivity index (χ1n) is 10.9. The molecule has 1 aromatic carbocycles. The van der Waals surface area contributed by atoms with Crippen LogP contribution in [0.15, 0.2) is 48.8 Å². The normalized spacial score (nSPS) is 11.9. The Kier molecular flexibility index (Phi) is 6.47. The van der Waals surface area contributed by atoms with Gasteiger partial charge in [-0.05, 0) is 42.8 Å². The van der Waals surface area contributed by atoms with Crippen LogP contribution in [0.3, 0.4) is 0 Å². The summed E-state index contributed by atoms with van der Waals surface area (Å²) in [7, 11) is -1.27. The second-order valence-corrected chi connectivity index (χ2v) is 15.5. The predicted octanol–water partition coefficient (Wildman–Crippen LogP) is 6.67. The van der Waals surface area contributed by atoms with Crippen LogP contribution in [0.1, 0.15) is 15.9 Å². The van der Waals surface area contributed by atoms with E-state index in [4.69, 9.17) is 16.3 Å². The zero-order valence-electron chi connectivity index (χ0n) is 19.3. The maximum absolute atomic E-state index is 12.3. The fourth-order valence-corrected chi connectivity index (χ4v) is 4.97. The van der Waals surface area contributed by atoms with E-state index in [9.17, 15) is 9.90 Å². The molecular formula is C25H28ClN3O3Si. The Balaban J connectivity index is 1.90. The van der Waals surface area contributed by atoms with Crippen LogP contribution >= 0.6 is 11.6 Å². The van der Waals surface area contributed by atoms with Crippen molar-refractivity contribution in [2.45, 2.75) is 39.3 Å². The summed E-state index contributed by atoms with van der Waals surface area (Å²) in [6.45, 7) is 9.70. The van der Waals surface area contributed by atoms with E-state index >= 15 is 0 Å². The summed E-state index contributed by atoms with van der Waals surface area (Å²) < 4.78 is 8.03. The summed E-state index contributed by atoms with van der Waals surface area (Å²) in [5, 5.41) is 11.5. The number of halogens is 1. The average molecular weight is 482 g/mol. The number of hydrogen-bond donors (Lipinski definition) is 2. The zero-order chi connectivity index (χ0) is 23.8. The van der Waals surface area contributed by atoms with E-state index in [0.29, 0.717) is 22.9 Å². The number of rotatable bonds is 8. The molecule has 0 atom stereocenters. The van der Waals surface area contributed by atoms with Crippen molar-refractivity contribution in [2.75, 3.05) is 6.61 Å². The number of pyridine rings is 1. The molecule has 2 N–H and O–H groups in total. The number of ether oxygens (including phenoxy) is 1. The lowest BCUT2D eigenvalue weighted by molar-refractivity contribution is 0.0696. The molecule has 0 aliphatic carbocycles. The Morgan fingerprint density at radius 1 is 1.18 bits per heavy atom. The molecule has 0 aliphatic heterocycles. The van der Waals surface area contributed by atoms with Crippen molar-refractivity contribution >= 4 is 36.7 Å². The van der Waals surface area contributed by atoms with Crippen molar-refractivity contribution in [1.29, 1.82) is 0 Å². The summed E-state index contributed by atoms with van der Waals surface area (Å²) in [6.07, 6.45) is 3.55. The van der Waals surface area contributed by atoms with Gasteiger partial charge in [-0.15, -0.1) is 0 Å². The molecule has 0 amide bonds. The Morgan fingerprint density at radius 2 is 1.97 bits per heavy atom. The van der Waals surface area contributed by atoms with E-state index in [1.807, 2.05) is 48.0 Å². The van der Waals surface area contributed by atoms with Gasteiger partial charge in [0.2, 0.25) is 0 Å². The Morgan fingerprint density at radius 3 is 2.67 bits per heavy atom. The summed E-state index contributed by atoms with van der Waals surface area (Å²) >= 11 is 6.61. The summed E-state index contributed by atoms with van der Waals surface area (Å²) in [5.74, 6) is -1.01. The van der Waals surface area contributed by atoms with E-state index in [1.165, 1.54) is 0 Å². The van der Waals surface area contributed by atoms with Gasteiger partial charge >= 0.3 is 5.97 Å². The molecule has 3 heterocycles. The first-order valence-corrected chi connectivity index (χ1v) is 15.0. The monoisotopic (exact) mass is 481 g/mol. The minimum Gasteiger partial charge on any atom is -0.478 e. The minimum absolute atomic E-state index is 0.185. The van der Waals surface area contributed by atoms with Crippen LogP contribution in [0.25, 0.3) is 33.5 Å². The first-order chi connectivity index (χ1) is 15.7. The fourth-order valence-electron chi connectivity index (χ4n) is 3.89. The third kappa shape index (κ3) is 4.90. The second kappa shape index (κ2) is 9.17. The highest BCUT2D eigenvalue weighted by atomic mass is 35.5. The highest BCUT2D eigenvalue weighted by Crippen LogP contribution is 2.38. The summed E-state index contributed by atoms with van der Waals surface area (Å²) in [5.41, 5.74) is 4.77. The molecule has 8 heteroatoms. The van der Waals surface area contributed by atoms with Gasteiger partial charge in [0.15, 0.2) is 0 Å². The molecule has 172 valence electrons. The number of fused-ring (bicyclic) bond motifs is 1. The van der Waals surface area contributed by atoms with Crippen LogP contribution < -0.4 is 0 Å². The predicted molar refractivity (Wildman–Crippen MR) is 136 cm³/mol. The lowest BCUT2D eigenvalue weighted by atomic mass is 10.1. The van der Waals surface area contributed by atoms with Gasteiger partial charge in [0.05, 0.1) is 22.0 Å². The van der Waals surface area contributed by atoms with E-state index in [-0.39, 0.29) is 12.3 Å². The molecule has 0 unspecified atom stereocenters. The van der Waals surface area contributed by atoms with Crippen LogP contribution in [-0.4, -0.2) is 40.3 Å². The van der Waals surface area contributed by atoms with Gasteiger partial charge in [0, 0.05) is 43.6 Å². The largest absolute Gasteiger partial charge is 0.478 e. The number of hydrogen-bond acceptors (Lipinski definition) is 3. The van der Waals surface area contributed by atoms with Gasteiger partial charge in [0.1, 0.15) is 12.4 Å². The number of H-pyrrole nitrogens is 1. The van der Waals surface area contributed by atoms with Crippen molar-refractivity contribution in [3.8, 4) is 22.5 Å². The van der Waals surface area contributed by atoms with Gasteiger partial charge in [0.25, 0.3) is 0 Å². The number of nitrogens with zero attached hydrogens (tertiary/aromatic N) is 2. The highest BCUT2D eigenvalue weighted by molar-refractivity contribution is 6.76. The van der Waals surface area contributed by atoms with Gasteiger partial charge in [-0.3, -0.25) is 0 Å². The molecule has 0 saturated carbocycles. The SMILES string of the molecule is Cc1ccc(-c2c(C(=O)O)cc(-c3ccnc4[nH]ccc34)n2COCC[Si](C)(C)C)c(Cl)c1. The molecule has 0 bridgehead atoms. The third-order valence-corrected chi connectivity index (χ3v) is 7.68. The lowest BCUT2D eigenvalue weighted by Gasteiger charge is -2.19. The lowest BCUT2D eigenvalue weighted by Crippen LogP contribution is -2.22. The Bertz CT molecular complexity index is 1320. The molecule has 6 nitrogen and oxygen atoms in total. The number of aromatic carboxylic acids is 1. The first kappa shape index (κ1) is 23.3. The summed E-state index contributed by atoms with van der Waals surface area (Å²) in [4.78, 5) is 19.8. The minimum atomic E-state index is -1.27. The van der Waals surface area contributed by atoms with Crippen LogP contribution in [0, 0.1) is 6.92 Å². The molecule has 4 aromatic rings. The van der Waals surface area contributed by atoms with Gasteiger partial charge < -0.3 is 19.4 Å². The molecule has 3 aromatic heterocycles. The van der Waals surface area contributed by atoms with Crippen LogP contribution in [0.2, 0.25) is 30.7 Å². The molecule has 4 rings (SSSR count). The van der Waals surface area contributed by atoms with E-state index in [2.05, 4.69) is 29.6 Å². The topological polar surface area (TPSA) is 80.1 Å². The number of carboxylic acid groups (broad SMARTS) is 1. The standard InChI is InChI=1S/C25H28ClN3O3Si/c1-16-5-6-19(21(26)13-16)23-20(25(30)31)14-22(29(23)15-32-11-12-33(2,3)4)17-7-9-27-24-18(17)8-10-28-24/h5-10,13-14H,11-12,15H2,1-4H3,(H,27,28)(H,30,31). The van der Waals surface area contributed by atoms with Crippen molar-refractivity contribution in [3.63, 3.8) is 0 Å². The van der Waals surface area contributed by atoms with E-state index in [0.717, 1.165) is 33.9 Å². The van der Waals surface area contributed by atoms with Gasteiger partial charge in [-0.25, -0.2) is 9.78 Å². The Hall–Kier alpha value is -2.87. The molecule has 0 spiro atoms.